The van der Waals surface area contributed by atoms with Crippen LogP contribution in [0.2, 0.25) is 0 Å². The molecule has 2 aromatic carbocycles. The van der Waals surface area contributed by atoms with Gasteiger partial charge in [0.25, 0.3) is 0 Å². The number of carbonyl (C=O) groups is 2. The van der Waals surface area contributed by atoms with Crippen molar-refractivity contribution in [1.29, 1.82) is 0 Å². The van der Waals surface area contributed by atoms with Gasteiger partial charge in [-0.15, -0.1) is 11.8 Å². The molecule has 0 bridgehead atoms. The average Bonchev–Trinajstić information content (AvgIpc) is 2.72. The van der Waals surface area contributed by atoms with Crippen molar-refractivity contribution in [3.8, 4) is 0 Å². The summed E-state index contributed by atoms with van der Waals surface area (Å²) in [4.78, 5) is 27.5. The third-order valence-corrected chi connectivity index (χ3v) is 6.51. The summed E-state index contributed by atoms with van der Waals surface area (Å²) < 4.78 is 0.956. The van der Waals surface area contributed by atoms with Crippen molar-refractivity contribution < 1.29 is 9.59 Å². The molecule has 0 saturated heterocycles. The lowest BCUT2D eigenvalue weighted by Crippen LogP contribution is -2.50. The van der Waals surface area contributed by atoms with Gasteiger partial charge in [0.1, 0.15) is 6.04 Å². The molecule has 0 aliphatic rings. The minimum absolute atomic E-state index is 0.0288. The van der Waals surface area contributed by atoms with E-state index in [4.69, 9.17) is 0 Å². The lowest BCUT2D eigenvalue weighted by Gasteiger charge is -2.29. The third kappa shape index (κ3) is 7.80. The van der Waals surface area contributed by atoms with Crippen molar-refractivity contribution in [1.82, 2.24) is 10.2 Å². The third-order valence-electron chi connectivity index (χ3n) is 5.03. The van der Waals surface area contributed by atoms with Gasteiger partial charge in [0.05, 0.1) is 5.75 Å². The van der Waals surface area contributed by atoms with Crippen LogP contribution in [0.5, 0.6) is 0 Å². The van der Waals surface area contributed by atoms with E-state index in [0.29, 0.717) is 12.3 Å². The Balaban J connectivity index is 2.07. The molecule has 6 heteroatoms. The lowest BCUT2D eigenvalue weighted by atomic mass is 10.1. The summed E-state index contributed by atoms with van der Waals surface area (Å²) >= 11 is 5.06. The summed E-state index contributed by atoms with van der Waals surface area (Å²) in [5, 5.41) is 3.00. The summed E-state index contributed by atoms with van der Waals surface area (Å²) in [5.74, 6) is 0.961. The van der Waals surface area contributed by atoms with Crippen LogP contribution in [-0.4, -0.2) is 34.6 Å². The maximum atomic E-state index is 13.1. The van der Waals surface area contributed by atoms with Crippen molar-refractivity contribution in [3.05, 3.63) is 69.7 Å². The molecule has 0 saturated carbocycles. The summed E-state index contributed by atoms with van der Waals surface area (Å²) in [6, 6.07) is 15.7. The Labute approximate surface area is 192 Å². The monoisotopic (exact) mass is 490 g/mol. The molecule has 2 amide bonds. The molecule has 0 fully saturated rings. The van der Waals surface area contributed by atoms with Gasteiger partial charge in [-0.05, 0) is 50.5 Å². The molecule has 0 aromatic heterocycles. The number of rotatable bonds is 10. The molecule has 0 unspecified atom stereocenters. The van der Waals surface area contributed by atoms with E-state index in [1.54, 1.807) is 23.6 Å². The second-order valence-electron chi connectivity index (χ2n) is 7.62. The fraction of sp³-hybridized carbons (Fsp3) is 0.417. The molecule has 4 nitrogen and oxygen atoms in total. The summed E-state index contributed by atoms with van der Waals surface area (Å²) in [7, 11) is 0. The normalized spacial score (nSPS) is 12.8. The summed E-state index contributed by atoms with van der Waals surface area (Å²) in [5.41, 5.74) is 3.41. The van der Waals surface area contributed by atoms with Crippen molar-refractivity contribution >= 4 is 39.5 Å². The van der Waals surface area contributed by atoms with Gasteiger partial charge in [-0.25, -0.2) is 0 Å². The first-order valence-corrected chi connectivity index (χ1v) is 12.2. The zero-order chi connectivity index (χ0) is 22.1. The van der Waals surface area contributed by atoms with Gasteiger partial charge in [-0.1, -0.05) is 64.8 Å². The van der Waals surface area contributed by atoms with Gasteiger partial charge >= 0.3 is 0 Å². The summed E-state index contributed by atoms with van der Waals surface area (Å²) in [6.45, 7) is 8.27. The number of hydrogen-bond acceptors (Lipinski definition) is 3. The molecule has 30 heavy (non-hydrogen) atoms. The van der Waals surface area contributed by atoms with Crippen LogP contribution in [0.3, 0.4) is 0 Å². The van der Waals surface area contributed by atoms with Crippen LogP contribution in [0.4, 0.5) is 0 Å². The highest BCUT2D eigenvalue weighted by Crippen LogP contribution is 2.18. The predicted molar refractivity (Wildman–Crippen MR) is 129 cm³/mol. The van der Waals surface area contributed by atoms with E-state index < -0.39 is 6.04 Å². The fourth-order valence-electron chi connectivity index (χ4n) is 2.90. The predicted octanol–water partition coefficient (Wildman–Crippen LogP) is 5.32. The van der Waals surface area contributed by atoms with E-state index in [2.05, 4.69) is 52.4 Å². The van der Waals surface area contributed by atoms with Crippen LogP contribution < -0.4 is 5.32 Å². The largest absolute Gasteiger partial charge is 0.352 e. The van der Waals surface area contributed by atoms with Crippen LogP contribution in [0.15, 0.2) is 53.0 Å². The van der Waals surface area contributed by atoms with E-state index in [0.717, 1.165) is 22.2 Å². The number of benzene rings is 2. The minimum Gasteiger partial charge on any atom is -0.352 e. The molecule has 0 radical (unpaired) electrons. The average molecular weight is 491 g/mol. The molecule has 2 aromatic rings. The molecular weight excluding hydrogens is 460 g/mol. The van der Waals surface area contributed by atoms with Crippen molar-refractivity contribution in [2.75, 3.05) is 5.75 Å². The second kappa shape index (κ2) is 12.2. The van der Waals surface area contributed by atoms with Gasteiger partial charge < -0.3 is 10.2 Å². The minimum atomic E-state index is -0.537. The lowest BCUT2D eigenvalue weighted by molar-refractivity contribution is -0.138. The number of nitrogens with zero attached hydrogens (tertiary/aromatic N) is 1. The van der Waals surface area contributed by atoms with Gasteiger partial charge in [-0.2, -0.15) is 0 Å². The van der Waals surface area contributed by atoms with Crippen LogP contribution in [0.1, 0.15) is 43.9 Å². The van der Waals surface area contributed by atoms with E-state index in [-0.39, 0.29) is 17.9 Å². The molecule has 162 valence electrons. The molecule has 0 aliphatic heterocycles. The summed E-state index contributed by atoms with van der Waals surface area (Å²) in [6.07, 6.45) is 0.852. The molecule has 0 heterocycles. The number of halogens is 1. The van der Waals surface area contributed by atoms with Crippen LogP contribution in [-0.2, 0) is 21.9 Å². The van der Waals surface area contributed by atoms with Crippen molar-refractivity contribution in [3.63, 3.8) is 0 Å². The van der Waals surface area contributed by atoms with Crippen LogP contribution >= 0.6 is 27.7 Å². The Morgan fingerprint density at radius 2 is 1.80 bits per heavy atom. The highest BCUT2D eigenvalue weighted by molar-refractivity contribution is 9.10. The van der Waals surface area contributed by atoms with E-state index in [1.807, 2.05) is 38.1 Å². The number of carbonyl (C=O) groups excluding carboxylic acids is 2. The molecular formula is C24H31BrN2O2S. The number of amides is 2. The zero-order valence-electron chi connectivity index (χ0n) is 18.2. The molecule has 2 atom stereocenters. The smallest absolute Gasteiger partial charge is 0.242 e. The van der Waals surface area contributed by atoms with Gasteiger partial charge in [0, 0.05) is 22.8 Å². The second-order valence-corrected chi connectivity index (χ2v) is 9.53. The molecule has 0 spiro atoms. The number of aryl methyl sites for hydroxylation is 1. The molecule has 0 aliphatic carbocycles. The Hall–Kier alpha value is -1.79. The topological polar surface area (TPSA) is 49.4 Å². The number of thioether (sulfide) groups is 1. The molecule has 2 rings (SSSR count). The Morgan fingerprint density at radius 3 is 2.43 bits per heavy atom. The van der Waals surface area contributed by atoms with Crippen molar-refractivity contribution in [2.45, 2.75) is 58.5 Å². The quantitative estimate of drug-likeness (QED) is 0.489. The van der Waals surface area contributed by atoms with Gasteiger partial charge in [0.15, 0.2) is 0 Å². The van der Waals surface area contributed by atoms with Crippen molar-refractivity contribution in [2.24, 2.45) is 0 Å². The number of nitrogens with one attached hydrogen (secondary N) is 1. The van der Waals surface area contributed by atoms with Crippen LogP contribution in [0.25, 0.3) is 0 Å². The SMILES string of the molecule is CC[C@@H](C)NC(=O)[C@@H](C)N(Cc1cccc(Br)c1)C(=O)CSCc1ccc(C)cc1. The Kier molecular flexibility index (Phi) is 9.92. The first kappa shape index (κ1) is 24.5. The highest BCUT2D eigenvalue weighted by Gasteiger charge is 2.26. The first-order chi connectivity index (χ1) is 14.3. The molecule has 1 N–H and O–H groups in total. The van der Waals surface area contributed by atoms with E-state index in [1.165, 1.54) is 11.1 Å². The van der Waals surface area contributed by atoms with E-state index in [9.17, 15) is 9.59 Å². The zero-order valence-corrected chi connectivity index (χ0v) is 20.6. The Bertz CT molecular complexity index is 841. The van der Waals surface area contributed by atoms with Gasteiger partial charge in [-0.3, -0.25) is 9.59 Å². The standard InChI is InChI=1S/C24H31BrN2O2S/c1-5-18(3)26-24(29)19(4)27(14-21-7-6-8-22(25)13-21)23(28)16-30-15-20-11-9-17(2)10-12-20/h6-13,18-19H,5,14-16H2,1-4H3,(H,26,29)/t18-,19-/m1/s1. The number of hydrogen-bond donors (Lipinski definition) is 1. The van der Waals surface area contributed by atoms with Gasteiger partial charge in [0.2, 0.25) is 11.8 Å². The fourth-order valence-corrected chi connectivity index (χ4v) is 4.22. The van der Waals surface area contributed by atoms with E-state index >= 15 is 0 Å². The first-order valence-electron chi connectivity index (χ1n) is 10.3. The maximum absolute atomic E-state index is 13.1. The highest BCUT2D eigenvalue weighted by atomic mass is 79.9. The van der Waals surface area contributed by atoms with Crippen LogP contribution in [0, 0.1) is 6.92 Å². The Morgan fingerprint density at radius 1 is 1.10 bits per heavy atom. The maximum Gasteiger partial charge on any atom is 0.242 e.